The number of halogens is 3. The van der Waals surface area contributed by atoms with Crippen molar-refractivity contribution in [1.29, 1.82) is 0 Å². The van der Waals surface area contributed by atoms with E-state index in [0.717, 1.165) is 33.2 Å². The largest absolute Gasteiger partial charge is 0.490 e. The van der Waals surface area contributed by atoms with Crippen molar-refractivity contribution in [1.82, 2.24) is 29.7 Å². The van der Waals surface area contributed by atoms with Gasteiger partial charge in [0, 0.05) is 34.8 Å². The molecular formula is C24H23F3N8O3. The zero-order valence-corrected chi connectivity index (χ0v) is 20.4. The van der Waals surface area contributed by atoms with Crippen LogP contribution in [0.3, 0.4) is 0 Å². The van der Waals surface area contributed by atoms with Crippen LogP contribution < -0.4 is 15.8 Å². The first-order valence-electron chi connectivity index (χ1n) is 11.2. The van der Waals surface area contributed by atoms with Crippen molar-refractivity contribution >= 4 is 45.4 Å². The van der Waals surface area contributed by atoms with Crippen LogP contribution in [-0.4, -0.2) is 54.1 Å². The molecule has 5 N–H and O–H groups in total. The molecule has 4 heterocycles. The molecule has 0 unspecified atom stereocenters. The Labute approximate surface area is 213 Å². The molecule has 38 heavy (non-hydrogen) atoms. The number of benzene rings is 1. The number of aromatic amines is 1. The third kappa shape index (κ3) is 5.43. The lowest BCUT2D eigenvalue weighted by molar-refractivity contribution is -0.192. The Kier molecular flexibility index (Phi) is 7.06. The SMILES string of the molecule is COc1ccc(Nc2nc(N)c3c(-c4ccc5[nH]ccc5c4)nn(C(C)C)c3n2)cn1.O=C(O)C(F)(F)F. The quantitative estimate of drug-likeness (QED) is 0.249. The number of pyridine rings is 1. The predicted octanol–water partition coefficient (Wildman–Crippen LogP) is 4.92. The first-order valence-corrected chi connectivity index (χ1v) is 11.2. The van der Waals surface area contributed by atoms with Gasteiger partial charge in [0.05, 0.1) is 24.4 Å². The molecule has 4 aromatic heterocycles. The van der Waals surface area contributed by atoms with Gasteiger partial charge in [-0.2, -0.15) is 28.2 Å². The van der Waals surface area contributed by atoms with Crippen LogP contribution in [0, 0.1) is 0 Å². The highest BCUT2D eigenvalue weighted by molar-refractivity contribution is 6.00. The number of ether oxygens (including phenoxy) is 1. The fourth-order valence-electron chi connectivity index (χ4n) is 3.59. The number of nitrogens with one attached hydrogen (secondary N) is 2. The van der Waals surface area contributed by atoms with Crippen LogP contribution in [-0.2, 0) is 4.79 Å². The van der Waals surface area contributed by atoms with Gasteiger partial charge in [0.15, 0.2) is 5.65 Å². The van der Waals surface area contributed by atoms with Crippen molar-refractivity contribution < 1.29 is 27.8 Å². The van der Waals surface area contributed by atoms with E-state index in [4.69, 9.17) is 30.5 Å². The number of nitrogens with two attached hydrogens (primary N) is 1. The van der Waals surface area contributed by atoms with Crippen molar-refractivity contribution in [2.75, 3.05) is 18.2 Å². The van der Waals surface area contributed by atoms with Gasteiger partial charge in [0.1, 0.15) is 11.5 Å². The summed E-state index contributed by atoms with van der Waals surface area (Å²) in [6.07, 6.45) is -1.51. The van der Waals surface area contributed by atoms with Gasteiger partial charge in [0.2, 0.25) is 11.8 Å². The van der Waals surface area contributed by atoms with Gasteiger partial charge in [-0.3, -0.25) is 0 Å². The molecule has 1 aromatic carbocycles. The van der Waals surface area contributed by atoms with Crippen LogP contribution in [0.4, 0.5) is 30.6 Å². The number of carbonyl (C=O) groups is 1. The highest BCUT2D eigenvalue weighted by Crippen LogP contribution is 2.34. The molecule has 0 aliphatic rings. The second kappa shape index (κ2) is 10.2. The van der Waals surface area contributed by atoms with Gasteiger partial charge < -0.3 is 25.9 Å². The van der Waals surface area contributed by atoms with Gasteiger partial charge in [0.25, 0.3) is 0 Å². The van der Waals surface area contributed by atoms with E-state index in [-0.39, 0.29) is 6.04 Å². The zero-order valence-electron chi connectivity index (χ0n) is 20.4. The van der Waals surface area contributed by atoms with Crippen LogP contribution in [0.1, 0.15) is 19.9 Å². The van der Waals surface area contributed by atoms with Crippen LogP contribution >= 0.6 is 0 Å². The van der Waals surface area contributed by atoms with E-state index in [2.05, 4.69) is 40.2 Å². The first kappa shape index (κ1) is 26.2. The van der Waals surface area contributed by atoms with Gasteiger partial charge in [-0.25, -0.2) is 14.5 Å². The van der Waals surface area contributed by atoms with Crippen molar-refractivity contribution in [2.24, 2.45) is 0 Å². The summed E-state index contributed by atoms with van der Waals surface area (Å²) in [4.78, 5) is 25.5. The summed E-state index contributed by atoms with van der Waals surface area (Å²) in [5.74, 6) is -1.48. The number of rotatable bonds is 5. The fourth-order valence-corrected chi connectivity index (χ4v) is 3.59. The summed E-state index contributed by atoms with van der Waals surface area (Å²) in [5.41, 5.74) is 10.6. The summed E-state index contributed by atoms with van der Waals surface area (Å²) in [7, 11) is 1.58. The van der Waals surface area contributed by atoms with Gasteiger partial charge in [-0.1, -0.05) is 6.07 Å². The molecule has 0 spiro atoms. The molecule has 14 heteroatoms. The number of nitrogen functional groups attached to an aromatic ring is 1. The van der Waals surface area contributed by atoms with E-state index >= 15 is 0 Å². The van der Waals surface area contributed by atoms with E-state index in [1.54, 1.807) is 19.4 Å². The highest BCUT2D eigenvalue weighted by atomic mass is 19.4. The minimum Gasteiger partial charge on any atom is -0.481 e. The fraction of sp³-hybridized carbons (Fsp3) is 0.208. The number of methoxy groups -OCH3 is 1. The monoisotopic (exact) mass is 528 g/mol. The Morgan fingerprint density at radius 1 is 1.18 bits per heavy atom. The first-order chi connectivity index (χ1) is 18.0. The second-order valence-electron chi connectivity index (χ2n) is 8.31. The maximum absolute atomic E-state index is 10.6. The Morgan fingerprint density at radius 2 is 1.92 bits per heavy atom. The lowest BCUT2D eigenvalue weighted by atomic mass is 10.1. The number of nitrogens with zero attached hydrogens (tertiary/aromatic N) is 5. The Balaban J connectivity index is 0.000000426. The smallest absolute Gasteiger partial charge is 0.481 e. The van der Waals surface area contributed by atoms with E-state index in [0.29, 0.717) is 23.3 Å². The maximum atomic E-state index is 10.6. The van der Waals surface area contributed by atoms with Crippen LogP contribution in [0.2, 0.25) is 0 Å². The summed E-state index contributed by atoms with van der Waals surface area (Å²) >= 11 is 0. The minimum absolute atomic E-state index is 0.0945. The van der Waals surface area contributed by atoms with Crippen molar-refractivity contribution in [3.05, 3.63) is 48.8 Å². The summed E-state index contributed by atoms with van der Waals surface area (Å²) in [6, 6.07) is 11.9. The molecule has 5 rings (SSSR count). The molecule has 0 fully saturated rings. The average Bonchev–Trinajstić information content (AvgIpc) is 3.49. The number of alkyl halides is 3. The third-order valence-electron chi connectivity index (χ3n) is 5.34. The normalized spacial score (nSPS) is 11.4. The van der Waals surface area contributed by atoms with Gasteiger partial charge in [-0.05, 0) is 38.1 Å². The van der Waals surface area contributed by atoms with E-state index in [1.165, 1.54) is 0 Å². The third-order valence-corrected chi connectivity index (χ3v) is 5.34. The number of aromatic nitrogens is 6. The molecule has 11 nitrogen and oxygen atoms in total. The standard InChI is InChI=1S/C22H22N8O.C2HF3O2/c1-12(2)30-21-18(19(29-30)14-4-6-16-13(10-14)8-9-24-16)20(23)27-22(28-21)26-15-5-7-17(31-3)25-11-15;3-2(4,5)1(6)7/h4-12,24H,1-3H3,(H3,23,26,27,28);(H,6,7). The van der Waals surface area contributed by atoms with Crippen molar-refractivity contribution in [3.63, 3.8) is 0 Å². The maximum Gasteiger partial charge on any atom is 0.490 e. The van der Waals surface area contributed by atoms with Gasteiger partial charge >= 0.3 is 12.1 Å². The topological polar surface area (TPSA) is 157 Å². The van der Waals surface area contributed by atoms with Crippen molar-refractivity contribution in [3.8, 4) is 17.1 Å². The number of carboxylic acids is 1. The van der Waals surface area contributed by atoms with Crippen LogP contribution in [0.5, 0.6) is 5.88 Å². The number of fused-ring (bicyclic) bond motifs is 2. The minimum atomic E-state index is -5.08. The molecule has 198 valence electrons. The predicted molar refractivity (Wildman–Crippen MR) is 135 cm³/mol. The summed E-state index contributed by atoms with van der Waals surface area (Å²) < 4.78 is 38.7. The number of hydrogen-bond donors (Lipinski definition) is 4. The van der Waals surface area contributed by atoms with Crippen LogP contribution in [0.15, 0.2) is 48.8 Å². The number of anilines is 3. The van der Waals surface area contributed by atoms with Crippen LogP contribution in [0.25, 0.3) is 33.2 Å². The molecule has 0 atom stereocenters. The lowest BCUT2D eigenvalue weighted by Gasteiger charge is -2.09. The highest BCUT2D eigenvalue weighted by Gasteiger charge is 2.38. The molecule has 5 aromatic rings. The molecule has 0 aliphatic carbocycles. The zero-order chi connectivity index (χ0) is 27.6. The molecular weight excluding hydrogens is 505 g/mol. The average molecular weight is 528 g/mol. The van der Waals surface area contributed by atoms with E-state index in [9.17, 15) is 13.2 Å². The number of hydrogen-bond acceptors (Lipinski definition) is 8. The molecule has 0 saturated heterocycles. The Hall–Kier alpha value is -4.88. The second-order valence-corrected chi connectivity index (χ2v) is 8.31. The van der Waals surface area contributed by atoms with E-state index in [1.807, 2.05) is 35.1 Å². The molecule has 0 bridgehead atoms. The Morgan fingerprint density at radius 3 is 2.53 bits per heavy atom. The number of carboxylic acid groups (broad SMARTS) is 1. The van der Waals surface area contributed by atoms with Crippen molar-refractivity contribution in [2.45, 2.75) is 26.1 Å². The molecule has 0 saturated carbocycles. The summed E-state index contributed by atoms with van der Waals surface area (Å²) in [6.45, 7) is 4.12. The Bertz CT molecular complexity index is 1590. The van der Waals surface area contributed by atoms with Gasteiger partial charge in [-0.15, -0.1) is 0 Å². The lowest BCUT2D eigenvalue weighted by Crippen LogP contribution is -2.21. The van der Waals surface area contributed by atoms with E-state index < -0.39 is 12.1 Å². The number of aliphatic carboxylic acids is 1. The summed E-state index contributed by atoms with van der Waals surface area (Å²) in [5, 5.41) is 17.0. The molecule has 0 aliphatic heterocycles. The molecule has 0 amide bonds. The number of H-pyrrole nitrogens is 1. The molecule has 0 radical (unpaired) electrons.